The quantitative estimate of drug-likeness (QED) is 0.829. The highest BCUT2D eigenvalue weighted by molar-refractivity contribution is 5.91. The van der Waals surface area contributed by atoms with E-state index in [9.17, 15) is 9.90 Å². The third kappa shape index (κ3) is 4.82. The number of morpholine rings is 1. The van der Waals surface area contributed by atoms with Gasteiger partial charge in [-0.3, -0.25) is 4.79 Å². The van der Waals surface area contributed by atoms with Gasteiger partial charge in [-0.2, -0.15) is 0 Å². The van der Waals surface area contributed by atoms with Gasteiger partial charge in [-0.15, -0.1) is 0 Å². The molecule has 1 saturated carbocycles. The van der Waals surface area contributed by atoms with E-state index in [0.717, 1.165) is 57.6 Å². The number of anilines is 1. The molecule has 0 bridgehead atoms. The van der Waals surface area contributed by atoms with E-state index in [1.54, 1.807) is 6.08 Å². The highest BCUT2D eigenvalue weighted by atomic mass is 16.5. The molecule has 1 aromatic carbocycles. The fourth-order valence-corrected chi connectivity index (χ4v) is 3.26. The third-order valence-electron chi connectivity index (χ3n) is 4.74. The summed E-state index contributed by atoms with van der Waals surface area (Å²) in [6.45, 7) is 3.40. The zero-order chi connectivity index (χ0) is 16.8. The standard InChI is InChI=1S/C19H26N2O3/c22-18-8-4-16(5-9-18)20-19(23)10-3-15-1-6-17(7-2-15)21-11-13-24-14-12-21/h1-3,6-7,10,16,18,22H,4-5,8-9,11-14H2,(H,20,23)/b10-3+. The Balaban J connectivity index is 1.49. The van der Waals surface area contributed by atoms with Gasteiger partial charge >= 0.3 is 0 Å². The van der Waals surface area contributed by atoms with E-state index in [-0.39, 0.29) is 18.1 Å². The SMILES string of the molecule is O=C(/C=C/c1ccc(N2CCOCC2)cc1)NC1CCC(O)CC1. The van der Waals surface area contributed by atoms with Crippen molar-refractivity contribution in [3.05, 3.63) is 35.9 Å². The van der Waals surface area contributed by atoms with E-state index in [2.05, 4.69) is 22.3 Å². The number of ether oxygens (including phenoxy) is 1. The van der Waals surface area contributed by atoms with E-state index in [1.807, 2.05) is 18.2 Å². The zero-order valence-corrected chi connectivity index (χ0v) is 14.0. The second kappa shape index (κ2) is 8.31. The Labute approximate surface area is 143 Å². The number of aliphatic hydroxyl groups is 1. The maximum Gasteiger partial charge on any atom is 0.244 e. The van der Waals surface area contributed by atoms with Gasteiger partial charge in [0.1, 0.15) is 0 Å². The molecule has 5 nitrogen and oxygen atoms in total. The van der Waals surface area contributed by atoms with Gasteiger partial charge in [-0.05, 0) is 49.5 Å². The minimum atomic E-state index is -0.196. The van der Waals surface area contributed by atoms with E-state index < -0.39 is 0 Å². The van der Waals surface area contributed by atoms with Crippen LogP contribution in [0.15, 0.2) is 30.3 Å². The third-order valence-corrected chi connectivity index (χ3v) is 4.74. The van der Waals surface area contributed by atoms with E-state index in [1.165, 1.54) is 5.69 Å². The Morgan fingerprint density at radius 3 is 2.46 bits per heavy atom. The number of rotatable bonds is 4. The molecular formula is C19H26N2O3. The number of carbonyl (C=O) groups excluding carboxylic acids is 1. The first-order valence-corrected chi connectivity index (χ1v) is 8.80. The summed E-state index contributed by atoms with van der Waals surface area (Å²) in [6.07, 6.45) is 6.50. The van der Waals surface area contributed by atoms with Crippen molar-refractivity contribution in [1.29, 1.82) is 0 Å². The fraction of sp³-hybridized carbons (Fsp3) is 0.526. The maximum atomic E-state index is 12.0. The predicted molar refractivity (Wildman–Crippen MR) is 94.9 cm³/mol. The molecule has 24 heavy (non-hydrogen) atoms. The summed E-state index contributed by atoms with van der Waals surface area (Å²) in [4.78, 5) is 14.3. The molecule has 1 amide bonds. The number of hydrogen-bond acceptors (Lipinski definition) is 4. The molecule has 0 spiro atoms. The molecule has 3 rings (SSSR count). The minimum Gasteiger partial charge on any atom is -0.393 e. The molecule has 1 heterocycles. The first kappa shape index (κ1) is 17.0. The summed E-state index contributed by atoms with van der Waals surface area (Å²) < 4.78 is 5.37. The Hall–Kier alpha value is -1.85. The molecule has 5 heteroatoms. The highest BCUT2D eigenvalue weighted by Gasteiger charge is 2.19. The van der Waals surface area contributed by atoms with Crippen molar-refractivity contribution in [2.45, 2.75) is 37.8 Å². The van der Waals surface area contributed by atoms with Gasteiger partial charge in [-0.1, -0.05) is 12.1 Å². The van der Waals surface area contributed by atoms with E-state index in [4.69, 9.17) is 4.74 Å². The number of nitrogens with one attached hydrogen (secondary N) is 1. The highest BCUT2D eigenvalue weighted by Crippen LogP contribution is 2.19. The minimum absolute atomic E-state index is 0.0614. The summed E-state index contributed by atoms with van der Waals surface area (Å²) in [7, 11) is 0. The lowest BCUT2D eigenvalue weighted by Gasteiger charge is -2.28. The molecule has 1 aromatic rings. The summed E-state index contributed by atoms with van der Waals surface area (Å²) in [6, 6.07) is 8.43. The molecule has 0 radical (unpaired) electrons. The molecule has 2 aliphatic rings. The molecule has 0 aromatic heterocycles. The van der Waals surface area contributed by atoms with Crippen LogP contribution in [0.5, 0.6) is 0 Å². The Morgan fingerprint density at radius 2 is 1.79 bits per heavy atom. The van der Waals surface area contributed by atoms with E-state index >= 15 is 0 Å². The molecule has 1 aliphatic heterocycles. The van der Waals surface area contributed by atoms with Crippen LogP contribution in [0.1, 0.15) is 31.2 Å². The summed E-state index contributed by atoms with van der Waals surface area (Å²) in [5.41, 5.74) is 2.21. The number of aliphatic hydroxyl groups excluding tert-OH is 1. The largest absolute Gasteiger partial charge is 0.393 e. The van der Waals surface area contributed by atoms with Gasteiger partial charge in [-0.25, -0.2) is 0 Å². The van der Waals surface area contributed by atoms with Crippen LogP contribution in [-0.4, -0.2) is 49.5 Å². The number of nitrogens with zero attached hydrogens (tertiary/aromatic N) is 1. The normalized spacial score (nSPS) is 25.0. The van der Waals surface area contributed by atoms with Crippen LogP contribution in [0.4, 0.5) is 5.69 Å². The van der Waals surface area contributed by atoms with Crippen molar-refractivity contribution in [3.63, 3.8) is 0 Å². The van der Waals surface area contributed by atoms with Crippen molar-refractivity contribution >= 4 is 17.7 Å². The first-order valence-electron chi connectivity index (χ1n) is 8.80. The van der Waals surface area contributed by atoms with Gasteiger partial charge in [0.05, 0.1) is 19.3 Å². The molecule has 1 aliphatic carbocycles. The van der Waals surface area contributed by atoms with Crippen molar-refractivity contribution < 1.29 is 14.6 Å². The zero-order valence-electron chi connectivity index (χ0n) is 14.0. The number of hydrogen-bond donors (Lipinski definition) is 2. The Bertz CT molecular complexity index is 556. The van der Waals surface area contributed by atoms with Crippen LogP contribution in [0.2, 0.25) is 0 Å². The fourth-order valence-electron chi connectivity index (χ4n) is 3.26. The molecule has 0 unspecified atom stereocenters. The molecule has 1 saturated heterocycles. The van der Waals surface area contributed by atoms with Crippen molar-refractivity contribution in [2.24, 2.45) is 0 Å². The Kier molecular flexibility index (Phi) is 5.88. The number of amides is 1. The van der Waals surface area contributed by atoms with Crippen LogP contribution in [-0.2, 0) is 9.53 Å². The summed E-state index contributed by atoms with van der Waals surface area (Å²) >= 11 is 0. The van der Waals surface area contributed by atoms with Gasteiger partial charge in [0.15, 0.2) is 0 Å². The monoisotopic (exact) mass is 330 g/mol. The van der Waals surface area contributed by atoms with Crippen LogP contribution in [0.3, 0.4) is 0 Å². The van der Waals surface area contributed by atoms with Crippen LogP contribution in [0, 0.1) is 0 Å². The smallest absolute Gasteiger partial charge is 0.244 e. The molecular weight excluding hydrogens is 304 g/mol. The van der Waals surface area contributed by atoms with E-state index in [0.29, 0.717) is 0 Å². The van der Waals surface area contributed by atoms with Gasteiger partial charge in [0, 0.05) is 30.9 Å². The van der Waals surface area contributed by atoms with Crippen LogP contribution >= 0.6 is 0 Å². The predicted octanol–water partition coefficient (Wildman–Crippen LogP) is 1.96. The second-order valence-electron chi connectivity index (χ2n) is 6.54. The van der Waals surface area contributed by atoms with Crippen LogP contribution < -0.4 is 10.2 Å². The van der Waals surface area contributed by atoms with Crippen LogP contribution in [0.25, 0.3) is 6.08 Å². The molecule has 0 atom stereocenters. The molecule has 2 N–H and O–H groups in total. The van der Waals surface area contributed by atoms with Gasteiger partial charge in [0.2, 0.25) is 5.91 Å². The Morgan fingerprint density at radius 1 is 1.12 bits per heavy atom. The van der Waals surface area contributed by atoms with Crippen molar-refractivity contribution in [1.82, 2.24) is 5.32 Å². The maximum absolute atomic E-state index is 12.0. The van der Waals surface area contributed by atoms with Crippen molar-refractivity contribution in [3.8, 4) is 0 Å². The summed E-state index contributed by atoms with van der Waals surface area (Å²) in [5, 5.41) is 12.5. The average Bonchev–Trinajstić information content (AvgIpc) is 2.63. The number of carbonyl (C=O) groups is 1. The first-order chi connectivity index (χ1) is 11.7. The van der Waals surface area contributed by atoms with Gasteiger partial charge in [0.25, 0.3) is 0 Å². The number of benzene rings is 1. The van der Waals surface area contributed by atoms with Gasteiger partial charge < -0.3 is 20.1 Å². The summed E-state index contributed by atoms with van der Waals surface area (Å²) in [5.74, 6) is -0.0614. The second-order valence-corrected chi connectivity index (χ2v) is 6.54. The topological polar surface area (TPSA) is 61.8 Å². The average molecular weight is 330 g/mol. The van der Waals surface area contributed by atoms with Crippen molar-refractivity contribution in [2.75, 3.05) is 31.2 Å². The molecule has 2 fully saturated rings. The lowest BCUT2D eigenvalue weighted by Crippen LogP contribution is -2.37. The molecule has 130 valence electrons. The lowest BCUT2D eigenvalue weighted by atomic mass is 9.93. The lowest BCUT2D eigenvalue weighted by molar-refractivity contribution is -0.117.